The molecule has 0 radical (unpaired) electrons. The van der Waals surface area contributed by atoms with E-state index in [-0.39, 0.29) is 0 Å². The van der Waals surface area contributed by atoms with Gasteiger partial charge in [0, 0.05) is 14.1 Å². The Bertz CT molecular complexity index is 926. The average molecular weight is 380 g/mol. The molecule has 1 heterocycles. The zero-order valence-electron chi connectivity index (χ0n) is 15.0. The predicted octanol–water partition coefficient (Wildman–Crippen LogP) is 3.38. The normalized spacial score (nSPS) is 11.6. The van der Waals surface area contributed by atoms with Crippen molar-refractivity contribution in [3.8, 4) is 11.3 Å². The number of nitrogens with zero attached hydrogens (tertiary/aromatic N) is 2. The second-order valence-electron chi connectivity index (χ2n) is 5.83. The van der Waals surface area contributed by atoms with Crippen LogP contribution in [0, 0.1) is 0 Å². The lowest BCUT2D eigenvalue weighted by Gasteiger charge is -2.16. The highest BCUT2D eigenvalue weighted by atomic mass is 32.2. The van der Waals surface area contributed by atoms with Gasteiger partial charge in [-0.3, -0.25) is 10.1 Å². The fourth-order valence-electron chi connectivity index (χ4n) is 2.63. The van der Waals surface area contributed by atoms with E-state index in [1.54, 1.807) is 6.20 Å². The number of urea groups is 1. The molecular weight excluding hydrogens is 360 g/mol. The fourth-order valence-corrected chi connectivity index (χ4v) is 3.67. The van der Waals surface area contributed by atoms with Crippen LogP contribution in [-0.2, 0) is 11.8 Å². The molecule has 1 atom stereocenters. The molecule has 2 N–H and O–H groups in total. The number of imidazole rings is 1. The number of hydrogen-bond acceptors (Lipinski definition) is 4. The molecule has 27 heavy (non-hydrogen) atoms. The van der Waals surface area contributed by atoms with Crippen LogP contribution < -0.4 is 10.6 Å². The van der Waals surface area contributed by atoms with Crippen LogP contribution in [0.2, 0.25) is 0 Å². The fraction of sp³-hybridized carbons (Fsp3) is 0.150. The number of amides is 3. The summed E-state index contributed by atoms with van der Waals surface area (Å²) in [6, 6.07) is 18.7. The molecule has 1 aromatic heterocycles. The highest BCUT2D eigenvalue weighted by Crippen LogP contribution is 2.36. The van der Waals surface area contributed by atoms with Crippen LogP contribution in [0.4, 0.5) is 4.79 Å². The first-order chi connectivity index (χ1) is 13.1. The number of nitrogens with one attached hydrogen (secondary N) is 2. The second kappa shape index (κ2) is 8.55. The van der Waals surface area contributed by atoms with Crippen LogP contribution in [0.25, 0.3) is 11.3 Å². The summed E-state index contributed by atoms with van der Waals surface area (Å²) in [4.78, 5) is 28.8. The Hall–Kier alpha value is -3.06. The van der Waals surface area contributed by atoms with E-state index >= 15 is 0 Å². The number of thioether (sulfide) groups is 1. The summed E-state index contributed by atoms with van der Waals surface area (Å²) in [5, 5.41) is 4.85. The van der Waals surface area contributed by atoms with E-state index < -0.39 is 17.2 Å². The maximum Gasteiger partial charge on any atom is 0.321 e. The van der Waals surface area contributed by atoms with Crippen molar-refractivity contribution in [2.75, 3.05) is 7.05 Å². The van der Waals surface area contributed by atoms with Crippen molar-refractivity contribution in [2.45, 2.75) is 10.4 Å². The van der Waals surface area contributed by atoms with Crippen molar-refractivity contribution >= 4 is 23.7 Å². The van der Waals surface area contributed by atoms with E-state index in [1.165, 1.54) is 18.8 Å². The summed E-state index contributed by atoms with van der Waals surface area (Å²) in [6.07, 6.45) is 1.79. The zero-order valence-corrected chi connectivity index (χ0v) is 15.9. The smallest absolute Gasteiger partial charge is 0.321 e. The van der Waals surface area contributed by atoms with Gasteiger partial charge in [0.1, 0.15) is 5.25 Å². The molecule has 0 aliphatic rings. The molecule has 3 rings (SSSR count). The lowest BCUT2D eigenvalue weighted by atomic mass is 10.1. The van der Waals surface area contributed by atoms with Gasteiger partial charge in [-0.25, -0.2) is 9.78 Å². The van der Waals surface area contributed by atoms with Crippen molar-refractivity contribution in [2.24, 2.45) is 7.05 Å². The Balaban J connectivity index is 1.90. The number of rotatable bonds is 5. The predicted molar refractivity (Wildman–Crippen MR) is 106 cm³/mol. The van der Waals surface area contributed by atoms with Crippen molar-refractivity contribution in [1.82, 2.24) is 20.2 Å². The molecule has 0 spiro atoms. The molecular formula is C20H20N4O2S. The average Bonchev–Trinajstić information content (AvgIpc) is 3.07. The van der Waals surface area contributed by atoms with E-state index in [4.69, 9.17) is 0 Å². The van der Waals surface area contributed by atoms with Crippen molar-refractivity contribution in [3.05, 3.63) is 72.4 Å². The zero-order chi connectivity index (χ0) is 19.2. The maximum atomic E-state index is 12.7. The SMILES string of the molecule is CNC(=O)NC(=O)C(Sc1ncc(-c2ccccc2)n1C)c1ccccc1. The summed E-state index contributed by atoms with van der Waals surface area (Å²) in [5.74, 6) is -0.394. The first-order valence-corrected chi connectivity index (χ1v) is 9.29. The van der Waals surface area contributed by atoms with Gasteiger partial charge >= 0.3 is 6.03 Å². The van der Waals surface area contributed by atoms with E-state index in [1.807, 2.05) is 72.3 Å². The number of imide groups is 1. The summed E-state index contributed by atoms with van der Waals surface area (Å²) < 4.78 is 1.95. The molecule has 3 aromatic rings. The van der Waals surface area contributed by atoms with Crippen molar-refractivity contribution in [3.63, 3.8) is 0 Å². The molecule has 138 valence electrons. The first-order valence-electron chi connectivity index (χ1n) is 8.41. The molecule has 0 bridgehead atoms. The van der Waals surface area contributed by atoms with Crippen molar-refractivity contribution < 1.29 is 9.59 Å². The van der Waals surface area contributed by atoms with Gasteiger partial charge in [-0.15, -0.1) is 0 Å². The van der Waals surface area contributed by atoms with Crippen LogP contribution in [0.1, 0.15) is 10.8 Å². The van der Waals surface area contributed by atoms with Crippen LogP contribution in [-0.4, -0.2) is 28.5 Å². The Morgan fingerprint density at radius 2 is 1.67 bits per heavy atom. The van der Waals surface area contributed by atoms with E-state index in [0.29, 0.717) is 5.16 Å². The topological polar surface area (TPSA) is 76.0 Å². The first kappa shape index (κ1) is 18.7. The van der Waals surface area contributed by atoms with E-state index in [9.17, 15) is 9.59 Å². The molecule has 2 aromatic carbocycles. The van der Waals surface area contributed by atoms with E-state index in [2.05, 4.69) is 15.6 Å². The molecule has 0 aliphatic heterocycles. The molecule has 0 saturated heterocycles. The molecule has 6 nitrogen and oxygen atoms in total. The highest BCUT2D eigenvalue weighted by molar-refractivity contribution is 8.00. The minimum atomic E-state index is -0.603. The highest BCUT2D eigenvalue weighted by Gasteiger charge is 2.25. The largest absolute Gasteiger partial charge is 0.341 e. The molecule has 7 heteroatoms. The number of carbonyl (C=O) groups excluding carboxylic acids is 2. The summed E-state index contributed by atoms with van der Waals surface area (Å²) in [5.41, 5.74) is 2.80. The monoisotopic (exact) mass is 380 g/mol. The van der Waals surface area contributed by atoms with Crippen LogP contribution >= 0.6 is 11.8 Å². The van der Waals surface area contributed by atoms with E-state index in [0.717, 1.165) is 16.8 Å². The summed E-state index contributed by atoms with van der Waals surface area (Å²) >= 11 is 1.30. The van der Waals surface area contributed by atoms with Gasteiger partial charge < -0.3 is 9.88 Å². The Kier molecular flexibility index (Phi) is 5.93. The summed E-state index contributed by atoms with van der Waals surface area (Å²) in [6.45, 7) is 0. The third kappa shape index (κ3) is 4.38. The molecule has 0 fully saturated rings. The number of carbonyl (C=O) groups is 2. The van der Waals surface area contributed by atoms with Gasteiger partial charge in [0.15, 0.2) is 5.16 Å². The third-order valence-corrected chi connectivity index (χ3v) is 5.35. The van der Waals surface area contributed by atoms with Crippen molar-refractivity contribution in [1.29, 1.82) is 0 Å². The molecule has 0 aliphatic carbocycles. The standard InChI is InChI=1S/C20H20N4O2S/c1-21-19(26)23-18(25)17(15-11-7-4-8-12-15)27-20-22-13-16(24(20)2)14-9-5-3-6-10-14/h3-13,17H,1-2H3,(H2,21,23,25,26). The van der Waals surface area contributed by atoms with Crippen LogP contribution in [0.15, 0.2) is 72.0 Å². The Morgan fingerprint density at radius 3 is 2.30 bits per heavy atom. The molecule has 1 unspecified atom stereocenters. The van der Waals surface area contributed by atoms with Gasteiger partial charge in [0.25, 0.3) is 0 Å². The summed E-state index contributed by atoms with van der Waals surface area (Å²) in [7, 11) is 3.38. The quantitative estimate of drug-likeness (QED) is 0.666. The lowest BCUT2D eigenvalue weighted by Crippen LogP contribution is -2.39. The minimum absolute atomic E-state index is 0.394. The maximum absolute atomic E-state index is 12.7. The van der Waals surface area contributed by atoms with Gasteiger partial charge in [0.05, 0.1) is 11.9 Å². The second-order valence-corrected chi connectivity index (χ2v) is 6.90. The molecule has 3 amide bonds. The van der Waals surface area contributed by atoms with Gasteiger partial charge in [-0.05, 0) is 11.1 Å². The lowest BCUT2D eigenvalue weighted by molar-refractivity contribution is -0.119. The third-order valence-electron chi connectivity index (χ3n) is 4.04. The minimum Gasteiger partial charge on any atom is -0.341 e. The Labute approximate surface area is 162 Å². The molecule has 0 saturated carbocycles. The number of benzene rings is 2. The van der Waals surface area contributed by atoms with Gasteiger partial charge in [-0.2, -0.15) is 0 Å². The van der Waals surface area contributed by atoms with Crippen LogP contribution in [0.5, 0.6) is 0 Å². The number of aromatic nitrogens is 2. The number of hydrogen-bond donors (Lipinski definition) is 2. The van der Waals surface area contributed by atoms with Crippen LogP contribution in [0.3, 0.4) is 0 Å². The van der Waals surface area contributed by atoms with Gasteiger partial charge in [0.2, 0.25) is 5.91 Å². The Morgan fingerprint density at radius 1 is 1.04 bits per heavy atom. The van der Waals surface area contributed by atoms with Gasteiger partial charge in [-0.1, -0.05) is 72.4 Å².